The molecule has 11 heteroatoms. The molecular formula is C35H67O10P. The van der Waals surface area contributed by atoms with E-state index in [1.165, 1.54) is 64.2 Å². The summed E-state index contributed by atoms with van der Waals surface area (Å²) in [5, 5.41) is 19.0. The monoisotopic (exact) mass is 678 g/mol. The van der Waals surface area contributed by atoms with Gasteiger partial charge < -0.3 is 24.6 Å². The van der Waals surface area contributed by atoms with Crippen LogP contribution in [0.3, 0.4) is 0 Å². The van der Waals surface area contributed by atoms with Gasteiger partial charge in [-0.25, -0.2) is 4.57 Å². The lowest BCUT2D eigenvalue weighted by atomic mass is 10.1. The number of unbranched alkanes of at least 4 members (excludes halogenated alkanes) is 18. The molecule has 3 atom stereocenters. The van der Waals surface area contributed by atoms with E-state index in [0.29, 0.717) is 12.8 Å². The normalized spacial score (nSPS) is 14.3. The Kier molecular flexibility index (Phi) is 31.4. The van der Waals surface area contributed by atoms with E-state index in [1.807, 2.05) is 0 Å². The number of phosphoric ester groups is 1. The first-order chi connectivity index (χ1) is 22.3. The zero-order valence-electron chi connectivity index (χ0n) is 29.0. The minimum absolute atomic E-state index is 0.190. The molecule has 0 amide bonds. The molecule has 0 rings (SSSR count). The van der Waals surface area contributed by atoms with E-state index in [-0.39, 0.29) is 12.8 Å². The summed E-state index contributed by atoms with van der Waals surface area (Å²) in [4.78, 5) is 34.1. The van der Waals surface area contributed by atoms with Gasteiger partial charge in [-0.05, 0) is 38.5 Å². The molecule has 0 saturated heterocycles. The average Bonchev–Trinajstić information content (AvgIpc) is 3.04. The van der Waals surface area contributed by atoms with Gasteiger partial charge in [0.25, 0.3) is 0 Å². The maximum Gasteiger partial charge on any atom is 0.472 e. The van der Waals surface area contributed by atoms with Gasteiger partial charge in [0.1, 0.15) is 12.2 Å². The lowest BCUT2D eigenvalue weighted by molar-refractivity contribution is -0.153. The first kappa shape index (κ1) is 44.7. The largest absolute Gasteiger partial charge is 0.472 e. The van der Waals surface area contributed by atoms with E-state index in [0.717, 1.165) is 57.8 Å². The Morgan fingerprint density at radius 3 is 1.24 bits per heavy atom. The lowest BCUT2D eigenvalue weighted by Gasteiger charge is -2.20. The van der Waals surface area contributed by atoms with Crippen LogP contribution in [-0.4, -0.2) is 65.7 Å². The maximum atomic E-state index is 12.2. The summed E-state index contributed by atoms with van der Waals surface area (Å²) in [6.07, 6.45) is 26.6. The van der Waals surface area contributed by atoms with Crippen molar-refractivity contribution in [3.8, 4) is 0 Å². The summed E-state index contributed by atoms with van der Waals surface area (Å²) in [5.74, 6) is -1.03. The van der Waals surface area contributed by atoms with E-state index in [2.05, 4.69) is 26.0 Å². The van der Waals surface area contributed by atoms with E-state index < -0.39 is 58.4 Å². The van der Waals surface area contributed by atoms with Gasteiger partial charge in [-0.15, -0.1) is 0 Å². The highest BCUT2D eigenvalue weighted by Gasteiger charge is 2.27. The fraction of sp³-hybridized carbons (Fsp3) is 0.886. The minimum atomic E-state index is -4.61. The fourth-order valence-electron chi connectivity index (χ4n) is 4.87. The first-order valence-corrected chi connectivity index (χ1v) is 19.6. The van der Waals surface area contributed by atoms with E-state index in [4.69, 9.17) is 18.5 Å². The van der Waals surface area contributed by atoms with Crippen molar-refractivity contribution >= 4 is 19.8 Å². The molecule has 0 heterocycles. The molecule has 0 aromatic carbocycles. The highest BCUT2D eigenvalue weighted by Crippen LogP contribution is 2.43. The third kappa shape index (κ3) is 30.1. The zero-order valence-corrected chi connectivity index (χ0v) is 29.9. The molecule has 0 spiro atoms. The number of allylic oxidation sites excluding steroid dienone is 2. The molecule has 0 aromatic rings. The van der Waals surface area contributed by atoms with Gasteiger partial charge in [-0.3, -0.25) is 18.6 Å². The molecule has 46 heavy (non-hydrogen) atoms. The summed E-state index contributed by atoms with van der Waals surface area (Å²) in [7, 11) is -4.61. The molecule has 3 N–H and O–H groups in total. The molecule has 0 bridgehead atoms. The van der Waals surface area contributed by atoms with Crippen LogP contribution >= 0.6 is 7.82 Å². The molecule has 0 fully saturated rings. The van der Waals surface area contributed by atoms with Crippen molar-refractivity contribution < 1.29 is 47.8 Å². The number of aliphatic hydroxyl groups excluding tert-OH is 2. The number of carbonyl (C=O) groups excluding carboxylic acids is 2. The number of ether oxygens (including phenoxy) is 2. The number of hydrogen-bond acceptors (Lipinski definition) is 9. The van der Waals surface area contributed by atoms with Crippen LogP contribution in [0.15, 0.2) is 12.2 Å². The fourth-order valence-corrected chi connectivity index (χ4v) is 5.66. The molecular weight excluding hydrogens is 611 g/mol. The molecule has 0 aromatic heterocycles. The Bertz CT molecular complexity index is 791. The van der Waals surface area contributed by atoms with Gasteiger partial charge in [-0.2, -0.15) is 0 Å². The van der Waals surface area contributed by atoms with Crippen LogP contribution in [0.1, 0.15) is 162 Å². The summed E-state index contributed by atoms with van der Waals surface area (Å²) < 4.78 is 32.2. The van der Waals surface area contributed by atoms with E-state index in [1.54, 1.807) is 0 Å². The predicted molar refractivity (Wildman–Crippen MR) is 182 cm³/mol. The van der Waals surface area contributed by atoms with Crippen molar-refractivity contribution in [3.63, 3.8) is 0 Å². The Labute approximate surface area is 279 Å². The summed E-state index contributed by atoms with van der Waals surface area (Å²) in [6.45, 7) is 2.10. The molecule has 272 valence electrons. The molecule has 10 nitrogen and oxygen atoms in total. The van der Waals surface area contributed by atoms with Crippen molar-refractivity contribution in [1.82, 2.24) is 0 Å². The number of carbonyl (C=O) groups is 2. The first-order valence-electron chi connectivity index (χ1n) is 18.1. The van der Waals surface area contributed by atoms with Crippen molar-refractivity contribution in [2.75, 3.05) is 26.4 Å². The number of rotatable bonds is 34. The van der Waals surface area contributed by atoms with Gasteiger partial charge >= 0.3 is 19.8 Å². The SMILES string of the molecule is CCCCCCCC/C=C\CCCCCCCCCC(=O)OC(CO)COP(=O)(O)OCC(CO)OC(=O)CCCCCCCC. The molecule has 0 saturated carbocycles. The van der Waals surface area contributed by atoms with E-state index >= 15 is 0 Å². The van der Waals surface area contributed by atoms with Gasteiger partial charge in [-0.1, -0.05) is 122 Å². The van der Waals surface area contributed by atoms with Gasteiger partial charge in [0.05, 0.1) is 26.4 Å². The highest BCUT2D eigenvalue weighted by molar-refractivity contribution is 7.47. The average molecular weight is 679 g/mol. The summed E-state index contributed by atoms with van der Waals surface area (Å²) >= 11 is 0. The van der Waals surface area contributed by atoms with E-state index in [9.17, 15) is 29.3 Å². The van der Waals surface area contributed by atoms with Crippen LogP contribution in [0.25, 0.3) is 0 Å². The zero-order chi connectivity index (χ0) is 34.1. The Hall–Kier alpha value is -1.29. The standard InChI is InChI=1S/C35H67O10P/c1-3-5-7-9-11-12-13-14-15-16-17-18-19-20-21-23-25-27-35(39)45-33(29-37)31-43-46(40,41)42-30-32(28-36)44-34(38)26-24-22-10-8-6-4-2/h14-15,32-33,36-37H,3-13,16-31H2,1-2H3,(H,40,41)/b15-14-. The van der Waals surface area contributed by atoms with Crippen molar-refractivity contribution in [2.24, 2.45) is 0 Å². The topological polar surface area (TPSA) is 149 Å². The third-order valence-electron chi connectivity index (χ3n) is 7.73. The Morgan fingerprint density at radius 1 is 0.565 bits per heavy atom. The van der Waals surface area contributed by atoms with Crippen molar-refractivity contribution in [2.45, 2.75) is 174 Å². The second kappa shape index (κ2) is 32.3. The number of hydrogen-bond donors (Lipinski definition) is 3. The van der Waals surface area contributed by atoms with Gasteiger partial charge in [0, 0.05) is 12.8 Å². The minimum Gasteiger partial charge on any atom is -0.457 e. The lowest BCUT2D eigenvalue weighted by Crippen LogP contribution is -2.28. The third-order valence-corrected chi connectivity index (χ3v) is 8.68. The van der Waals surface area contributed by atoms with Crippen LogP contribution < -0.4 is 0 Å². The van der Waals surface area contributed by atoms with Crippen LogP contribution in [0.5, 0.6) is 0 Å². The quantitative estimate of drug-likeness (QED) is 0.0262. The molecule has 3 unspecified atom stereocenters. The summed E-state index contributed by atoms with van der Waals surface area (Å²) in [6, 6.07) is 0. The second-order valence-corrected chi connectivity index (χ2v) is 13.7. The number of esters is 2. The van der Waals surface area contributed by atoms with Gasteiger partial charge in [0.2, 0.25) is 0 Å². The number of phosphoric acid groups is 1. The molecule has 0 aliphatic carbocycles. The van der Waals surface area contributed by atoms with Crippen LogP contribution in [0.2, 0.25) is 0 Å². The van der Waals surface area contributed by atoms with Crippen LogP contribution in [-0.2, 0) is 32.7 Å². The highest BCUT2D eigenvalue weighted by atomic mass is 31.2. The molecule has 0 radical (unpaired) electrons. The van der Waals surface area contributed by atoms with Crippen molar-refractivity contribution in [3.05, 3.63) is 12.2 Å². The van der Waals surface area contributed by atoms with Crippen LogP contribution in [0.4, 0.5) is 0 Å². The smallest absolute Gasteiger partial charge is 0.457 e. The molecule has 0 aliphatic heterocycles. The van der Waals surface area contributed by atoms with Crippen molar-refractivity contribution in [1.29, 1.82) is 0 Å². The summed E-state index contributed by atoms with van der Waals surface area (Å²) in [5.41, 5.74) is 0. The van der Waals surface area contributed by atoms with Crippen LogP contribution in [0, 0.1) is 0 Å². The maximum absolute atomic E-state index is 12.2. The Morgan fingerprint density at radius 2 is 0.891 bits per heavy atom. The van der Waals surface area contributed by atoms with Gasteiger partial charge in [0.15, 0.2) is 0 Å². The second-order valence-electron chi connectivity index (χ2n) is 12.2. The predicted octanol–water partition coefficient (Wildman–Crippen LogP) is 8.50. The Balaban J connectivity index is 3.93. The number of aliphatic hydroxyl groups is 2. The molecule has 0 aliphatic rings.